The molecule has 0 heterocycles. The van der Waals surface area contributed by atoms with E-state index < -0.39 is 0 Å². The fourth-order valence-corrected chi connectivity index (χ4v) is 7.27. The van der Waals surface area contributed by atoms with Gasteiger partial charge >= 0.3 is 11.9 Å². The highest BCUT2D eigenvalue weighted by atomic mass is 16.5. The summed E-state index contributed by atoms with van der Waals surface area (Å²) in [5, 5.41) is 0. The van der Waals surface area contributed by atoms with Gasteiger partial charge in [0.1, 0.15) is 5.75 Å². The molecule has 0 aliphatic rings. The van der Waals surface area contributed by atoms with Crippen molar-refractivity contribution in [1.82, 2.24) is 0 Å². The Labute approximate surface area is 328 Å². The minimum absolute atomic E-state index is 0.0694. The van der Waals surface area contributed by atoms with Crippen LogP contribution >= 0.6 is 0 Å². The lowest BCUT2D eigenvalue weighted by Gasteiger charge is -2.31. The van der Waals surface area contributed by atoms with Gasteiger partial charge in [-0.2, -0.15) is 0 Å². The van der Waals surface area contributed by atoms with Crippen molar-refractivity contribution >= 4 is 11.9 Å². The quantitative estimate of drug-likeness (QED) is 0.0506. The van der Waals surface area contributed by atoms with Gasteiger partial charge in [-0.1, -0.05) is 183 Å². The third kappa shape index (κ3) is 24.9. The van der Waals surface area contributed by atoms with Crippen molar-refractivity contribution in [2.75, 3.05) is 19.8 Å². The molecule has 0 aromatic heterocycles. The molecule has 0 spiro atoms. The average Bonchev–Trinajstić information content (AvgIpc) is 3.12. The number of rotatable bonds is 36. The number of ether oxygens (including phenoxy) is 3. The number of esters is 2. The van der Waals surface area contributed by atoms with Crippen LogP contribution in [0, 0.1) is 0 Å². The minimum Gasteiger partial charge on any atom is -0.493 e. The average molecular weight is 743 g/mol. The first-order valence-electron chi connectivity index (χ1n) is 22.7. The van der Waals surface area contributed by atoms with Gasteiger partial charge in [-0.05, 0) is 73.0 Å². The number of carbonyl (C=O) groups excluding carboxylic acids is 2. The zero-order chi connectivity index (χ0) is 39.0. The van der Waals surface area contributed by atoms with E-state index in [0.717, 1.165) is 70.0 Å². The van der Waals surface area contributed by atoms with E-state index in [1.807, 2.05) is 0 Å². The van der Waals surface area contributed by atoms with Gasteiger partial charge in [0.25, 0.3) is 0 Å². The van der Waals surface area contributed by atoms with Crippen molar-refractivity contribution < 1.29 is 23.8 Å². The fourth-order valence-electron chi connectivity index (χ4n) is 7.27. The molecule has 0 saturated carbocycles. The molecule has 0 saturated heterocycles. The van der Waals surface area contributed by atoms with Crippen LogP contribution in [0.3, 0.4) is 0 Å². The van der Waals surface area contributed by atoms with Gasteiger partial charge in [-0.25, -0.2) is 0 Å². The molecule has 0 radical (unpaired) electrons. The first kappa shape index (κ1) is 49.0. The lowest BCUT2D eigenvalue weighted by molar-refractivity contribution is -0.144. The Bertz CT molecular complexity index is 1040. The molecule has 0 aliphatic heterocycles. The van der Waals surface area contributed by atoms with Gasteiger partial charge in [-0.15, -0.1) is 0 Å². The van der Waals surface area contributed by atoms with Gasteiger partial charge in [0.2, 0.25) is 0 Å². The number of benzene rings is 1. The summed E-state index contributed by atoms with van der Waals surface area (Å²) < 4.78 is 17.6. The normalized spacial score (nSPS) is 11.9. The maximum atomic E-state index is 12.5. The lowest BCUT2D eigenvalue weighted by Crippen LogP contribution is -2.22. The summed E-state index contributed by atoms with van der Waals surface area (Å²) in [6, 6.07) is 6.72. The molecule has 1 aromatic rings. The van der Waals surface area contributed by atoms with Gasteiger partial charge in [0.05, 0.1) is 19.8 Å². The van der Waals surface area contributed by atoms with E-state index in [4.69, 9.17) is 14.2 Å². The van der Waals surface area contributed by atoms with Crippen LogP contribution in [0.1, 0.15) is 239 Å². The van der Waals surface area contributed by atoms with Crippen LogP contribution in [-0.2, 0) is 29.9 Å². The van der Waals surface area contributed by atoms with Crippen LogP contribution in [0.4, 0.5) is 0 Å². The number of carbonyl (C=O) groups is 2. The Kier molecular flexibility index (Phi) is 28.8. The predicted octanol–water partition coefficient (Wildman–Crippen LogP) is 14.7. The maximum Gasteiger partial charge on any atom is 0.305 e. The van der Waals surface area contributed by atoms with Crippen LogP contribution in [0.5, 0.6) is 5.75 Å². The smallest absolute Gasteiger partial charge is 0.305 e. The summed E-state index contributed by atoms with van der Waals surface area (Å²) in [6.07, 6.45) is 32.0. The topological polar surface area (TPSA) is 61.8 Å². The summed E-state index contributed by atoms with van der Waals surface area (Å²) in [7, 11) is 0. The van der Waals surface area contributed by atoms with E-state index in [1.165, 1.54) is 114 Å². The van der Waals surface area contributed by atoms with Crippen molar-refractivity contribution in [2.24, 2.45) is 0 Å². The van der Waals surface area contributed by atoms with Crippen LogP contribution in [0.25, 0.3) is 0 Å². The monoisotopic (exact) mass is 743 g/mol. The second-order valence-corrected chi connectivity index (χ2v) is 17.2. The third-order valence-corrected chi connectivity index (χ3v) is 11.1. The minimum atomic E-state index is -0.140. The third-order valence-electron chi connectivity index (χ3n) is 11.1. The predicted molar refractivity (Wildman–Crippen MR) is 226 cm³/mol. The summed E-state index contributed by atoms with van der Waals surface area (Å²) in [5.74, 6) is 0.810. The number of hydrogen-bond acceptors (Lipinski definition) is 5. The fraction of sp³-hybridized carbons (Fsp3) is 0.833. The molecule has 0 aliphatic carbocycles. The zero-order valence-corrected chi connectivity index (χ0v) is 36.2. The summed E-state index contributed by atoms with van der Waals surface area (Å²) in [6.45, 7) is 17.6. The van der Waals surface area contributed by atoms with Crippen molar-refractivity contribution in [3.63, 3.8) is 0 Å². The van der Waals surface area contributed by atoms with E-state index in [-0.39, 0.29) is 22.8 Å². The summed E-state index contributed by atoms with van der Waals surface area (Å²) >= 11 is 0. The van der Waals surface area contributed by atoms with Crippen molar-refractivity contribution in [1.29, 1.82) is 0 Å². The van der Waals surface area contributed by atoms with Crippen LogP contribution in [0.2, 0.25) is 0 Å². The molecule has 0 unspecified atom stereocenters. The van der Waals surface area contributed by atoms with E-state index in [1.54, 1.807) is 0 Å². The van der Waals surface area contributed by atoms with Crippen molar-refractivity contribution in [3.8, 4) is 5.75 Å². The summed E-state index contributed by atoms with van der Waals surface area (Å²) in [4.78, 5) is 25.0. The molecule has 308 valence electrons. The molecular formula is C48H86O5. The highest BCUT2D eigenvalue weighted by molar-refractivity contribution is 5.69. The zero-order valence-electron chi connectivity index (χ0n) is 36.2. The molecule has 0 amide bonds. The Balaban J connectivity index is 2.48. The molecule has 5 nitrogen and oxygen atoms in total. The van der Waals surface area contributed by atoms with Crippen LogP contribution in [0.15, 0.2) is 18.2 Å². The number of hydrogen-bond donors (Lipinski definition) is 0. The SMILES string of the molecule is CCCCCCCCCCCCOC(=O)CCCC(C)(C)c1ccc(C(C)(C)CCCC(=O)OCCCCCCCCCCCC)c(OCCCC)c1. The Hall–Kier alpha value is -2.04. The first-order chi connectivity index (χ1) is 25.6. The van der Waals surface area contributed by atoms with E-state index >= 15 is 0 Å². The molecule has 0 fully saturated rings. The second kappa shape index (κ2) is 31.2. The van der Waals surface area contributed by atoms with Gasteiger partial charge in [0.15, 0.2) is 0 Å². The summed E-state index contributed by atoms with van der Waals surface area (Å²) in [5.41, 5.74) is 2.19. The Morgan fingerprint density at radius 1 is 0.472 bits per heavy atom. The van der Waals surface area contributed by atoms with E-state index in [9.17, 15) is 9.59 Å². The van der Waals surface area contributed by atoms with Crippen molar-refractivity contribution in [3.05, 3.63) is 29.3 Å². The largest absolute Gasteiger partial charge is 0.493 e. The number of unbranched alkanes of at least 4 members (excludes halogenated alkanes) is 19. The first-order valence-corrected chi connectivity index (χ1v) is 22.7. The molecular weight excluding hydrogens is 657 g/mol. The van der Waals surface area contributed by atoms with Crippen LogP contribution in [-0.4, -0.2) is 31.8 Å². The molecule has 0 atom stereocenters. The second-order valence-electron chi connectivity index (χ2n) is 17.2. The van der Waals surface area contributed by atoms with Gasteiger partial charge < -0.3 is 14.2 Å². The van der Waals surface area contributed by atoms with Gasteiger partial charge in [0, 0.05) is 12.8 Å². The van der Waals surface area contributed by atoms with Gasteiger partial charge in [-0.3, -0.25) is 9.59 Å². The van der Waals surface area contributed by atoms with E-state index in [2.05, 4.69) is 66.7 Å². The molecule has 1 rings (SSSR count). The lowest BCUT2D eigenvalue weighted by atomic mass is 9.76. The van der Waals surface area contributed by atoms with Crippen LogP contribution < -0.4 is 4.74 Å². The molecule has 0 bridgehead atoms. The molecule has 53 heavy (non-hydrogen) atoms. The molecule has 5 heteroatoms. The van der Waals surface area contributed by atoms with E-state index in [0.29, 0.717) is 32.7 Å². The van der Waals surface area contributed by atoms with Crippen molar-refractivity contribution in [2.45, 2.75) is 239 Å². The Morgan fingerprint density at radius 2 is 0.868 bits per heavy atom. The highest BCUT2D eigenvalue weighted by Crippen LogP contribution is 2.40. The molecule has 1 aromatic carbocycles. The standard InChI is InChI=1S/C48H86O5/c1-8-11-14-16-18-20-22-24-26-28-39-52-45(49)32-30-36-47(4,5)42-34-35-43(44(41-42)51-38-13-10-3)48(6,7)37-31-33-46(50)53-40-29-27-25-23-21-19-17-15-12-9-2/h34-35,41H,8-33,36-40H2,1-7H3. The molecule has 0 N–H and O–H groups in total. The Morgan fingerprint density at radius 3 is 1.30 bits per heavy atom. The highest BCUT2D eigenvalue weighted by Gasteiger charge is 2.28. The maximum absolute atomic E-state index is 12.5.